The molecule has 0 radical (unpaired) electrons. The summed E-state index contributed by atoms with van der Waals surface area (Å²) in [5.41, 5.74) is 2.81. The molecule has 0 N–H and O–H groups in total. The Hall–Kier alpha value is -3.72. The van der Waals surface area contributed by atoms with Gasteiger partial charge in [-0.15, -0.1) is 0 Å². The molecule has 0 bridgehead atoms. The van der Waals surface area contributed by atoms with E-state index in [1.54, 1.807) is 0 Å². The van der Waals surface area contributed by atoms with Crippen LogP contribution in [0.15, 0.2) is 127 Å². The Kier molecular flexibility index (Phi) is 4.83. The molecule has 6 rings (SSSR count). The lowest BCUT2D eigenvalue weighted by Crippen LogP contribution is -2.32. The highest BCUT2D eigenvalue weighted by Gasteiger charge is 2.38. The van der Waals surface area contributed by atoms with Crippen LogP contribution in [-0.4, -0.2) is 10.5 Å². The van der Waals surface area contributed by atoms with Crippen LogP contribution in [0.4, 0.5) is 0 Å². The summed E-state index contributed by atoms with van der Waals surface area (Å²) in [5, 5.41) is 7.34. The first-order valence-electron chi connectivity index (χ1n) is 11.3. The number of rotatable bonds is 4. The average Bonchev–Trinajstić information content (AvgIpc) is 2.89. The maximum atomic E-state index is 6.80. The van der Waals surface area contributed by atoms with Gasteiger partial charge >= 0.3 is 0 Å². The zero-order chi connectivity index (χ0) is 22.3. The Balaban J connectivity index is 1.78. The summed E-state index contributed by atoms with van der Waals surface area (Å²) < 4.78 is 6.80. The summed E-state index contributed by atoms with van der Waals surface area (Å²) in [6.07, 6.45) is 0. The molecule has 0 unspecified atom stereocenters. The summed E-state index contributed by atoms with van der Waals surface area (Å²) in [4.78, 5) is 0. The minimum absolute atomic E-state index is 0.583. The van der Waals surface area contributed by atoms with Crippen molar-refractivity contribution in [3.8, 4) is 0 Å². The normalized spacial score (nSPS) is 12.0. The van der Waals surface area contributed by atoms with Crippen molar-refractivity contribution in [2.45, 2.75) is 5.60 Å². The van der Waals surface area contributed by atoms with Crippen molar-refractivity contribution in [3.63, 3.8) is 0 Å². The fraction of sp³-hybridized carbons (Fsp3) is 0.0323. The van der Waals surface area contributed by atoms with Gasteiger partial charge in [-0.2, -0.15) is 0 Å². The van der Waals surface area contributed by atoms with Crippen LogP contribution in [0.3, 0.4) is 0 Å². The molecule has 6 aromatic carbocycles. The van der Waals surface area contributed by atoms with E-state index in [1.807, 2.05) is 0 Å². The zero-order valence-electron chi connectivity index (χ0n) is 18.5. The van der Waals surface area contributed by atoms with E-state index in [0.29, 0.717) is 10.5 Å². The Labute approximate surface area is 196 Å². The van der Waals surface area contributed by atoms with Gasteiger partial charge in [0.15, 0.2) is 0 Å². The van der Waals surface area contributed by atoms with Gasteiger partial charge in [-0.3, -0.25) is 0 Å². The average molecular weight is 441 g/mol. The molecule has 0 saturated carbocycles. The molecule has 6 aromatic rings. The zero-order valence-corrected chi connectivity index (χ0v) is 20.5. The summed E-state index contributed by atoms with van der Waals surface area (Å²) in [6.45, 7) is 0. The van der Waals surface area contributed by atoms with E-state index >= 15 is 0 Å². The van der Waals surface area contributed by atoms with Gasteiger partial charge in [-0.05, 0) is 55.1 Å². The van der Waals surface area contributed by atoms with E-state index in [9.17, 15) is 0 Å². The third kappa shape index (κ3) is 3.11. The van der Waals surface area contributed by atoms with Crippen LogP contribution >= 0.6 is 0 Å². The first kappa shape index (κ1) is 19.9. The van der Waals surface area contributed by atoms with E-state index < -0.39 is 5.60 Å². The lowest BCUT2D eigenvalue weighted by atomic mass is 9.76. The standard InChI is InChI=1S/C31H24OSi/c33-32-31(26-20-19-22-9-1-2-12-25(22)21-26,29-17-7-13-23-10-3-5-15-27(23)29)30-18-8-14-24-11-4-6-16-28(24)30/h1-21H,33H3. The van der Waals surface area contributed by atoms with Crippen molar-refractivity contribution in [2.75, 3.05) is 0 Å². The molecule has 0 heterocycles. The van der Waals surface area contributed by atoms with Crippen molar-refractivity contribution < 1.29 is 4.43 Å². The van der Waals surface area contributed by atoms with E-state index in [4.69, 9.17) is 4.43 Å². The SMILES string of the molecule is [SiH3]OC(c1ccc2ccccc2c1)(c1cccc2ccccc12)c1cccc2ccccc12. The first-order valence-corrected chi connectivity index (χ1v) is 12.1. The van der Waals surface area contributed by atoms with Crippen molar-refractivity contribution in [1.82, 2.24) is 0 Å². The smallest absolute Gasteiger partial charge is 0.148 e. The van der Waals surface area contributed by atoms with Gasteiger partial charge in [0.2, 0.25) is 0 Å². The van der Waals surface area contributed by atoms with Gasteiger partial charge in [0.05, 0.1) is 0 Å². The highest BCUT2D eigenvalue weighted by molar-refractivity contribution is 6.01. The quantitative estimate of drug-likeness (QED) is 0.218. The Morgan fingerprint density at radius 2 is 0.939 bits per heavy atom. The van der Waals surface area contributed by atoms with Crippen LogP contribution in [-0.2, 0) is 10.0 Å². The van der Waals surface area contributed by atoms with Crippen molar-refractivity contribution >= 4 is 42.8 Å². The monoisotopic (exact) mass is 440 g/mol. The molecule has 0 saturated heterocycles. The molecular weight excluding hydrogens is 416 g/mol. The van der Waals surface area contributed by atoms with Gasteiger partial charge in [-0.25, -0.2) is 0 Å². The van der Waals surface area contributed by atoms with Gasteiger partial charge in [-0.1, -0.05) is 121 Å². The number of hydrogen-bond acceptors (Lipinski definition) is 1. The van der Waals surface area contributed by atoms with Gasteiger partial charge < -0.3 is 4.43 Å². The number of hydrogen-bond donors (Lipinski definition) is 0. The van der Waals surface area contributed by atoms with Gasteiger partial charge in [0.1, 0.15) is 16.1 Å². The third-order valence-corrected chi connectivity index (χ3v) is 7.41. The Morgan fingerprint density at radius 3 is 1.52 bits per heavy atom. The predicted molar refractivity (Wildman–Crippen MR) is 143 cm³/mol. The minimum Gasteiger partial charge on any atom is -0.411 e. The van der Waals surface area contributed by atoms with E-state index in [0.717, 1.165) is 5.56 Å². The molecule has 33 heavy (non-hydrogen) atoms. The molecule has 0 aromatic heterocycles. The fourth-order valence-corrected chi connectivity index (χ4v) is 5.94. The van der Waals surface area contributed by atoms with Gasteiger partial charge in [0.25, 0.3) is 0 Å². The van der Waals surface area contributed by atoms with Crippen molar-refractivity contribution in [1.29, 1.82) is 0 Å². The van der Waals surface area contributed by atoms with E-state index in [2.05, 4.69) is 127 Å². The summed E-state index contributed by atoms with van der Waals surface area (Å²) >= 11 is 0. The third-order valence-electron chi connectivity index (χ3n) is 6.80. The molecule has 0 aliphatic heterocycles. The first-order chi connectivity index (χ1) is 16.3. The summed E-state index contributed by atoms with van der Waals surface area (Å²) in [5.74, 6) is 0. The second kappa shape index (κ2) is 8.00. The molecule has 0 aliphatic carbocycles. The Bertz CT molecular complexity index is 1530. The molecule has 0 atom stereocenters. The molecular formula is C31H24OSi. The molecule has 0 spiro atoms. The topological polar surface area (TPSA) is 9.23 Å². The maximum absolute atomic E-state index is 6.80. The Morgan fingerprint density at radius 1 is 0.455 bits per heavy atom. The lowest BCUT2D eigenvalue weighted by molar-refractivity contribution is 0.177. The predicted octanol–water partition coefficient (Wildman–Crippen LogP) is 6.74. The molecule has 0 aliphatic rings. The maximum Gasteiger partial charge on any atom is 0.148 e. The van der Waals surface area contributed by atoms with Crippen molar-refractivity contribution in [2.24, 2.45) is 0 Å². The van der Waals surface area contributed by atoms with Crippen LogP contribution in [0.25, 0.3) is 32.3 Å². The lowest BCUT2D eigenvalue weighted by Gasteiger charge is -2.37. The summed E-state index contributed by atoms with van der Waals surface area (Å²) in [7, 11) is 0.583. The molecule has 1 nitrogen and oxygen atoms in total. The fourth-order valence-electron chi connectivity index (χ4n) is 5.27. The second-order valence-corrected chi connectivity index (χ2v) is 8.91. The van der Waals surface area contributed by atoms with Crippen LogP contribution < -0.4 is 0 Å². The molecule has 2 heteroatoms. The van der Waals surface area contributed by atoms with Crippen LogP contribution in [0, 0.1) is 0 Å². The van der Waals surface area contributed by atoms with Crippen LogP contribution in [0.1, 0.15) is 16.7 Å². The molecule has 158 valence electrons. The highest BCUT2D eigenvalue weighted by Crippen LogP contribution is 2.45. The van der Waals surface area contributed by atoms with Crippen LogP contribution in [0.5, 0.6) is 0 Å². The van der Waals surface area contributed by atoms with Crippen LogP contribution in [0.2, 0.25) is 0 Å². The number of fused-ring (bicyclic) bond motifs is 3. The van der Waals surface area contributed by atoms with E-state index in [-0.39, 0.29) is 0 Å². The number of benzene rings is 6. The second-order valence-electron chi connectivity index (χ2n) is 8.50. The largest absolute Gasteiger partial charge is 0.411 e. The highest BCUT2D eigenvalue weighted by atomic mass is 28.2. The van der Waals surface area contributed by atoms with E-state index in [1.165, 1.54) is 43.4 Å². The van der Waals surface area contributed by atoms with Gasteiger partial charge in [0, 0.05) is 0 Å². The van der Waals surface area contributed by atoms with Crippen molar-refractivity contribution in [3.05, 3.63) is 144 Å². The minimum atomic E-state index is -0.710. The summed E-state index contributed by atoms with van der Waals surface area (Å²) in [6, 6.07) is 45.7. The molecule has 0 amide bonds. The molecule has 0 fully saturated rings.